The van der Waals surface area contributed by atoms with Crippen LogP contribution in [-0.2, 0) is 0 Å². The molecule has 1 aliphatic heterocycles. The molecule has 0 unspecified atom stereocenters. The van der Waals surface area contributed by atoms with Crippen molar-refractivity contribution in [2.45, 2.75) is 44.9 Å². The van der Waals surface area contributed by atoms with Crippen LogP contribution in [0.2, 0.25) is 0 Å². The summed E-state index contributed by atoms with van der Waals surface area (Å²) >= 11 is 0. The molecule has 0 aromatic heterocycles. The molecule has 22 heavy (non-hydrogen) atoms. The Morgan fingerprint density at radius 2 is 2.00 bits per heavy atom. The van der Waals surface area contributed by atoms with E-state index in [9.17, 15) is 8.78 Å². The fourth-order valence-electron chi connectivity index (χ4n) is 2.53. The second-order valence-electron chi connectivity index (χ2n) is 5.47. The topological polar surface area (TPSA) is 50.7 Å². The lowest BCUT2D eigenvalue weighted by Crippen LogP contribution is -2.24. The smallest absolute Gasteiger partial charge is 0.387 e. The number of rotatable bonds is 6. The Labute approximate surface area is 135 Å². The van der Waals surface area contributed by atoms with Crippen molar-refractivity contribution in [1.82, 2.24) is 5.32 Å². The zero-order valence-corrected chi connectivity index (χ0v) is 13.4. The van der Waals surface area contributed by atoms with E-state index in [1.54, 1.807) is 12.1 Å². The van der Waals surface area contributed by atoms with Crippen LogP contribution in [0.25, 0.3) is 0 Å². The summed E-state index contributed by atoms with van der Waals surface area (Å²) in [7, 11) is 0. The van der Waals surface area contributed by atoms with Gasteiger partial charge in [0, 0.05) is 12.6 Å². The lowest BCUT2D eigenvalue weighted by molar-refractivity contribution is -0.0519. The van der Waals surface area contributed by atoms with Crippen LogP contribution in [0.1, 0.15) is 31.7 Å². The van der Waals surface area contributed by atoms with Gasteiger partial charge < -0.3 is 19.9 Å². The molecule has 0 amide bonds. The predicted molar refractivity (Wildman–Crippen MR) is 82.3 cm³/mol. The molecule has 1 aliphatic rings. The van der Waals surface area contributed by atoms with Gasteiger partial charge in [-0.25, -0.2) is 0 Å². The Morgan fingerprint density at radius 3 is 2.55 bits per heavy atom. The third kappa shape index (κ3) is 4.97. The Hall–Kier alpha value is -1.11. The van der Waals surface area contributed by atoms with Crippen LogP contribution in [0.4, 0.5) is 8.78 Å². The molecule has 7 heteroatoms. The standard InChI is InChI=1S/C15H21F2NO3.ClH/c1-9(2)20-14-6-10(3-4-13(14)21-15(16)17)11-5-12(8-19)18-7-11;/h3-4,6,9,11-12,15,18-19H,5,7-8H2,1-2H3;1H/t11-,12-;/m1./s1. The lowest BCUT2D eigenvalue weighted by Gasteiger charge is -2.17. The van der Waals surface area contributed by atoms with Crippen LogP contribution >= 0.6 is 12.4 Å². The molecule has 0 radical (unpaired) electrons. The Bertz CT molecular complexity index is 474. The number of nitrogens with one attached hydrogen (secondary N) is 1. The van der Waals surface area contributed by atoms with Gasteiger partial charge in [-0.15, -0.1) is 12.4 Å². The molecule has 1 aromatic carbocycles. The predicted octanol–water partition coefficient (Wildman–Crippen LogP) is 2.93. The molecule has 2 rings (SSSR count). The van der Waals surface area contributed by atoms with Crippen LogP contribution in [0, 0.1) is 0 Å². The van der Waals surface area contributed by atoms with E-state index in [4.69, 9.17) is 9.84 Å². The number of benzene rings is 1. The maximum absolute atomic E-state index is 12.4. The summed E-state index contributed by atoms with van der Waals surface area (Å²) in [5.74, 6) is 0.611. The van der Waals surface area contributed by atoms with Gasteiger partial charge in [0.15, 0.2) is 11.5 Å². The molecule has 0 bridgehead atoms. The van der Waals surface area contributed by atoms with Crippen molar-refractivity contribution in [3.63, 3.8) is 0 Å². The number of hydrogen-bond acceptors (Lipinski definition) is 4. The monoisotopic (exact) mass is 337 g/mol. The molecule has 1 fully saturated rings. The van der Waals surface area contributed by atoms with E-state index in [2.05, 4.69) is 10.1 Å². The van der Waals surface area contributed by atoms with Crippen molar-refractivity contribution >= 4 is 12.4 Å². The largest absolute Gasteiger partial charge is 0.487 e. The Balaban J connectivity index is 0.00000242. The maximum Gasteiger partial charge on any atom is 0.387 e. The molecule has 126 valence electrons. The van der Waals surface area contributed by atoms with Crippen LogP contribution in [0.15, 0.2) is 18.2 Å². The van der Waals surface area contributed by atoms with Gasteiger partial charge in [0.05, 0.1) is 12.7 Å². The molecular formula is C15H22ClF2NO3. The van der Waals surface area contributed by atoms with Gasteiger partial charge in [-0.05, 0) is 43.9 Å². The molecular weight excluding hydrogens is 316 g/mol. The van der Waals surface area contributed by atoms with Gasteiger partial charge in [0.2, 0.25) is 0 Å². The van der Waals surface area contributed by atoms with E-state index in [1.807, 2.05) is 13.8 Å². The van der Waals surface area contributed by atoms with Crippen LogP contribution in [0.5, 0.6) is 11.5 Å². The lowest BCUT2D eigenvalue weighted by atomic mass is 9.96. The fourth-order valence-corrected chi connectivity index (χ4v) is 2.53. The Kier molecular flexibility index (Phi) is 7.32. The maximum atomic E-state index is 12.4. The fraction of sp³-hybridized carbons (Fsp3) is 0.600. The number of ether oxygens (including phenoxy) is 2. The summed E-state index contributed by atoms with van der Waals surface area (Å²) in [4.78, 5) is 0. The first-order valence-electron chi connectivity index (χ1n) is 7.09. The number of hydrogen-bond donors (Lipinski definition) is 2. The van der Waals surface area contributed by atoms with Gasteiger partial charge in [-0.2, -0.15) is 8.78 Å². The Morgan fingerprint density at radius 1 is 1.27 bits per heavy atom. The van der Waals surface area contributed by atoms with Gasteiger partial charge in [-0.1, -0.05) is 6.07 Å². The quantitative estimate of drug-likeness (QED) is 0.838. The van der Waals surface area contributed by atoms with Crippen molar-refractivity contribution in [2.24, 2.45) is 0 Å². The minimum absolute atomic E-state index is 0. The van der Waals surface area contributed by atoms with Crippen LogP contribution < -0.4 is 14.8 Å². The third-order valence-corrected chi connectivity index (χ3v) is 3.46. The number of aliphatic hydroxyl groups excluding tert-OH is 1. The average molecular weight is 338 g/mol. The minimum Gasteiger partial charge on any atom is -0.487 e. The molecule has 1 heterocycles. The molecule has 0 aliphatic carbocycles. The van der Waals surface area contributed by atoms with Crippen molar-refractivity contribution in [1.29, 1.82) is 0 Å². The van der Waals surface area contributed by atoms with E-state index in [0.29, 0.717) is 5.75 Å². The third-order valence-electron chi connectivity index (χ3n) is 3.46. The van der Waals surface area contributed by atoms with Crippen molar-refractivity contribution < 1.29 is 23.4 Å². The number of aliphatic hydroxyl groups is 1. The highest BCUT2D eigenvalue weighted by Gasteiger charge is 2.26. The molecule has 0 spiro atoms. The summed E-state index contributed by atoms with van der Waals surface area (Å²) in [6, 6.07) is 5.13. The van der Waals surface area contributed by atoms with Gasteiger partial charge in [-0.3, -0.25) is 0 Å². The van der Waals surface area contributed by atoms with Crippen LogP contribution in [0.3, 0.4) is 0 Å². The van der Waals surface area contributed by atoms with Gasteiger partial charge in [0.25, 0.3) is 0 Å². The molecule has 2 N–H and O–H groups in total. The van der Waals surface area contributed by atoms with Crippen molar-refractivity contribution in [3.8, 4) is 11.5 Å². The highest BCUT2D eigenvalue weighted by Crippen LogP contribution is 2.35. The minimum atomic E-state index is -2.88. The van der Waals surface area contributed by atoms with E-state index in [0.717, 1.165) is 18.5 Å². The summed E-state index contributed by atoms with van der Waals surface area (Å²) in [6.07, 6.45) is 0.680. The first kappa shape index (κ1) is 18.9. The molecule has 4 nitrogen and oxygen atoms in total. The summed E-state index contributed by atoms with van der Waals surface area (Å²) in [5, 5.41) is 12.4. The summed E-state index contributed by atoms with van der Waals surface area (Å²) in [5.41, 5.74) is 0.996. The van der Waals surface area contributed by atoms with E-state index in [1.165, 1.54) is 6.07 Å². The highest BCUT2D eigenvalue weighted by atomic mass is 35.5. The van der Waals surface area contributed by atoms with Gasteiger partial charge >= 0.3 is 6.61 Å². The second-order valence-corrected chi connectivity index (χ2v) is 5.47. The van der Waals surface area contributed by atoms with E-state index < -0.39 is 6.61 Å². The molecule has 2 atom stereocenters. The molecule has 1 saturated heterocycles. The first-order valence-corrected chi connectivity index (χ1v) is 7.09. The van der Waals surface area contributed by atoms with E-state index in [-0.39, 0.29) is 42.8 Å². The normalized spacial score (nSPS) is 21.0. The summed E-state index contributed by atoms with van der Waals surface area (Å²) < 4.78 is 34.9. The zero-order valence-electron chi connectivity index (χ0n) is 12.6. The second kappa shape index (κ2) is 8.50. The van der Waals surface area contributed by atoms with Crippen molar-refractivity contribution in [2.75, 3.05) is 13.2 Å². The van der Waals surface area contributed by atoms with Gasteiger partial charge in [0.1, 0.15) is 0 Å². The SMILES string of the molecule is CC(C)Oc1cc([C@H]2CN[C@@H](CO)C2)ccc1OC(F)F.Cl. The summed E-state index contributed by atoms with van der Waals surface area (Å²) in [6.45, 7) is 1.63. The van der Waals surface area contributed by atoms with E-state index >= 15 is 0 Å². The molecule has 0 saturated carbocycles. The first-order chi connectivity index (χ1) is 9.99. The van der Waals surface area contributed by atoms with Crippen LogP contribution in [-0.4, -0.2) is 37.0 Å². The number of alkyl halides is 2. The zero-order chi connectivity index (χ0) is 15.4. The average Bonchev–Trinajstić information content (AvgIpc) is 2.88. The number of halogens is 3. The molecule has 1 aromatic rings. The van der Waals surface area contributed by atoms with Crippen molar-refractivity contribution in [3.05, 3.63) is 23.8 Å². The highest BCUT2D eigenvalue weighted by molar-refractivity contribution is 5.85.